The summed E-state index contributed by atoms with van der Waals surface area (Å²) in [6.45, 7) is 3.72. The molecular formula is C25H28N4O3. The van der Waals surface area contributed by atoms with Crippen molar-refractivity contribution < 1.29 is 14.3 Å². The molecule has 7 heteroatoms. The minimum absolute atomic E-state index is 0.125. The summed E-state index contributed by atoms with van der Waals surface area (Å²) in [7, 11) is 3.18. The van der Waals surface area contributed by atoms with Gasteiger partial charge in [0, 0.05) is 43.5 Å². The zero-order valence-electron chi connectivity index (χ0n) is 18.5. The number of piperazine rings is 1. The van der Waals surface area contributed by atoms with Gasteiger partial charge in [-0.05, 0) is 30.3 Å². The molecule has 0 bridgehead atoms. The highest BCUT2D eigenvalue weighted by atomic mass is 16.5. The number of hydrogen-bond acceptors (Lipinski definition) is 6. The van der Waals surface area contributed by atoms with Gasteiger partial charge in [0.05, 0.1) is 32.5 Å². The number of methoxy groups -OCH3 is 2. The smallest absolute Gasteiger partial charge is 0.228 e. The summed E-state index contributed by atoms with van der Waals surface area (Å²) >= 11 is 0. The van der Waals surface area contributed by atoms with E-state index >= 15 is 0 Å². The van der Waals surface area contributed by atoms with Crippen molar-refractivity contribution in [2.75, 3.05) is 55.5 Å². The van der Waals surface area contributed by atoms with E-state index in [4.69, 9.17) is 9.47 Å². The normalized spacial score (nSPS) is 13.6. The number of nitrogens with one attached hydrogen (secondary N) is 1. The minimum atomic E-state index is -0.125. The van der Waals surface area contributed by atoms with Crippen LogP contribution in [0.2, 0.25) is 0 Å². The number of pyridine rings is 1. The van der Waals surface area contributed by atoms with Gasteiger partial charge in [-0.15, -0.1) is 0 Å². The number of rotatable bonds is 7. The van der Waals surface area contributed by atoms with Gasteiger partial charge in [0.1, 0.15) is 17.3 Å². The second-order valence-corrected chi connectivity index (χ2v) is 7.62. The molecular weight excluding hydrogens is 404 g/mol. The highest BCUT2D eigenvalue weighted by Gasteiger charge is 2.18. The number of benzene rings is 2. The van der Waals surface area contributed by atoms with Gasteiger partial charge in [-0.3, -0.25) is 4.79 Å². The predicted octanol–water partition coefficient (Wildman–Crippen LogP) is 3.61. The maximum absolute atomic E-state index is 12.5. The number of carbonyl (C=O) groups is 1. The van der Waals surface area contributed by atoms with Crippen LogP contribution < -0.4 is 24.6 Å². The lowest BCUT2D eigenvalue weighted by Gasteiger charge is -2.36. The zero-order chi connectivity index (χ0) is 22.3. The van der Waals surface area contributed by atoms with Crippen molar-refractivity contribution in [3.63, 3.8) is 0 Å². The Balaban J connectivity index is 1.32. The van der Waals surface area contributed by atoms with Crippen molar-refractivity contribution in [2.45, 2.75) is 6.42 Å². The molecule has 1 saturated heterocycles. The van der Waals surface area contributed by atoms with Crippen molar-refractivity contribution in [2.24, 2.45) is 0 Å². The van der Waals surface area contributed by atoms with Crippen molar-refractivity contribution >= 4 is 23.1 Å². The molecule has 0 radical (unpaired) electrons. The molecule has 0 aliphatic carbocycles. The molecule has 0 saturated carbocycles. The molecule has 1 aliphatic heterocycles. The van der Waals surface area contributed by atoms with E-state index in [0.717, 1.165) is 37.6 Å². The van der Waals surface area contributed by atoms with Gasteiger partial charge < -0.3 is 24.6 Å². The molecule has 0 atom stereocenters. The van der Waals surface area contributed by atoms with Crippen LogP contribution in [0.5, 0.6) is 11.5 Å². The molecule has 0 spiro atoms. The quantitative estimate of drug-likeness (QED) is 0.615. The summed E-state index contributed by atoms with van der Waals surface area (Å²) in [6.07, 6.45) is 1.92. The van der Waals surface area contributed by atoms with E-state index in [1.54, 1.807) is 26.5 Å². The number of amides is 1. The van der Waals surface area contributed by atoms with E-state index < -0.39 is 0 Å². The van der Waals surface area contributed by atoms with Crippen LogP contribution in [0.4, 0.5) is 17.2 Å². The van der Waals surface area contributed by atoms with E-state index in [-0.39, 0.29) is 12.3 Å². The summed E-state index contributed by atoms with van der Waals surface area (Å²) < 4.78 is 10.6. The van der Waals surface area contributed by atoms with Crippen LogP contribution in [0.3, 0.4) is 0 Å². The number of ether oxygens (including phenoxy) is 2. The second kappa shape index (κ2) is 10.0. The van der Waals surface area contributed by atoms with Gasteiger partial charge in [0.2, 0.25) is 5.91 Å². The van der Waals surface area contributed by atoms with Gasteiger partial charge in [0.15, 0.2) is 0 Å². The average molecular weight is 433 g/mol. The Morgan fingerprint density at radius 1 is 0.938 bits per heavy atom. The molecule has 1 fully saturated rings. The SMILES string of the molecule is COc1ccc(CC(=O)Nc2ccc(N3CCN(c4ccccc4)CC3)nc2)c(OC)c1. The number of hydrogen-bond donors (Lipinski definition) is 1. The lowest BCUT2D eigenvalue weighted by atomic mass is 10.1. The number of anilines is 3. The monoisotopic (exact) mass is 432 g/mol. The van der Waals surface area contributed by atoms with E-state index in [9.17, 15) is 4.79 Å². The highest BCUT2D eigenvalue weighted by Crippen LogP contribution is 2.25. The third-order valence-corrected chi connectivity index (χ3v) is 5.60. The van der Waals surface area contributed by atoms with E-state index in [2.05, 4.69) is 44.4 Å². The number of para-hydroxylation sites is 1. The first kappa shape index (κ1) is 21.5. The molecule has 1 aromatic heterocycles. The molecule has 1 N–H and O–H groups in total. The third-order valence-electron chi connectivity index (χ3n) is 5.60. The van der Waals surface area contributed by atoms with E-state index in [1.807, 2.05) is 30.3 Å². The van der Waals surface area contributed by atoms with Crippen LogP contribution in [0.1, 0.15) is 5.56 Å². The Hall–Kier alpha value is -3.74. The maximum Gasteiger partial charge on any atom is 0.228 e. The van der Waals surface area contributed by atoms with Gasteiger partial charge in [-0.1, -0.05) is 24.3 Å². The molecule has 7 nitrogen and oxygen atoms in total. The minimum Gasteiger partial charge on any atom is -0.497 e. The number of nitrogens with zero attached hydrogens (tertiary/aromatic N) is 3. The van der Waals surface area contributed by atoms with Crippen LogP contribution in [0, 0.1) is 0 Å². The van der Waals surface area contributed by atoms with E-state index in [0.29, 0.717) is 17.2 Å². The fourth-order valence-corrected chi connectivity index (χ4v) is 3.86. The Morgan fingerprint density at radius 2 is 1.69 bits per heavy atom. The van der Waals surface area contributed by atoms with Crippen LogP contribution in [-0.2, 0) is 11.2 Å². The van der Waals surface area contributed by atoms with Crippen molar-refractivity contribution in [3.8, 4) is 11.5 Å². The van der Waals surface area contributed by atoms with Crippen molar-refractivity contribution in [1.82, 2.24) is 4.98 Å². The first-order valence-electron chi connectivity index (χ1n) is 10.7. The summed E-state index contributed by atoms with van der Waals surface area (Å²) in [4.78, 5) is 21.7. The lowest BCUT2D eigenvalue weighted by Crippen LogP contribution is -2.46. The predicted molar refractivity (Wildman–Crippen MR) is 127 cm³/mol. The number of aromatic nitrogens is 1. The molecule has 1 amide bonds. The summed E-state index contributed by atoms with van der Waals surface area (Å²) in [5, 5.41) is 2.91. The zero-order valence-corrected chi connectivity index (χ0v) is 18.5. The average Bonchev–Trinajstić information content (AvgIpc) is 2.85. The van der Waals surface area contributed by atoms with Crippen LogP contribution >= 0.6 is 0 Å². The van der Waals surface area contributed by atoms with Crippen molar-refractivity contribution in [1.29, 1.82) is 0 Å². The van der Waals surface area contributed by atoms with Crippen LogP contribution in [0.15, 0.2) is 66.9 Å². The molecule has 0 unspecified atom stereocenters. The molecule has 2 aromatic carbocycles. The Morgan fingerprint density at radius 3 is 2.34 bits per heavy atom. The Labute approximate surface area is 188 Å². The molecule has 32 heavy (non-hydrogen) atoms. The summed E-state index contributed by atoms with van der Waals surface area (Å²) in [5.41, 5.74) is 2.73. The highest BCUT2D eigenvalue weighted by molar-refractivity contribution is 5.92. The third kappa shape index (κ3) is 5.11. The Kier molecular flexibility index (Phi) is 6.75. The summed E-state index contributed by atoms with van der Waals surface area (Å²) in [6, 6.07) is 19.8. The molecule has 1 aliphatic rings. The van der Waals surface area contributed by atoms with Gasteiger partial charge in [-0.25, -0.2) is 4.98 Å². The lowest BCUT2D eigenvalue weighted by molar-refractivity contribution is -0.115. The van der Waals surface area contributed by atoms with Gasteiger partial charge >= 0.3 is 0 Å². The van der Waals surface area contributed by atoms with Gasteiger partial charge in [-0.2, -0.15) is 0 Å². The van der Waals surface area contributed by atoms with Crippen LogP contribution in [0.25, 0.3) is 0 Å². The largest absolute Gasteiger partial charge is 0.497 e. The number of carbonyl (C=O) groups excluding carboxylic acids is 1. The fourth-order valence-electron chi connectivity index (χ4n) is 3.86. The second-order valence-electron chi connectivity index (χ2n) is 7.62. The fraction of sp³-hybridized carbons (Fsp3) is 0.280. The molecule has 166 valence electrons. The molecule has 3 aromatic rings. The van der Waals surface area contributed by atoms with Crippen molar-refractivity contribution in [3.05, 3.63) is 72.4 Å². The standard InChI is InChI=1S/C25H28N4O3/c1-31-22-10-8-19(23(17-22)32-2)16-25(30)27-20-9-11-24(26-18-20)29-14-12-28(13-15-29)21-6-4-3-5-7-21/h3-11,17-18H,12-16H2,1-2H3,(H,27,30). The van der Waals surface area contributed by atoms with E-state index in [1.165, 1.54) is 5.69 Å². The topological polar surface area (TPSA) is 66.9 Å². The van der Waals surface area contributed by atoms with Crippen LogP contribution in [-0.4, -0.2) is 51.3 Å². The molecule has 2 heterocycles. The Bertz CT molecular complexity index is 1030. The molecule has 4 rings (SSSR count). The first-order chi connectivity index (χ1) is 15.7. The maximum atomic E-state index is 12.5. The first-order valence-corrected chi connectivity index (χ1v) is 10.7. The van der Waals surface area contributed by atoms with Gasteiger partial charge in [0.25, 0.3) is 0 Å². The summed E-state index contributed by atoms with van der Waals surface area (Å²) in [5.74, 6) is 2.12.